The zero-order chi connectivity index (χ0) is 29.6. The fraction of sp³-hybridized carbons (Fsp3) is 0.273. The smallest absolute Gasteiger partial charge is 0.439 e. The van der Waals surface area contributed by atoms with Gasteiger partial charge in [0.1, 0.15) is 11.4 Å². The summed E-state index contributed by atoms with van der Waals surface area (Å²) in [6.45, 7) is 7.67. The van der Waals surface area contributed by atoms with E-state index >= 15 is 4.39 Å². The van der Waals surface area contributed by atoms with Gasteiger partial charge in [-0.15, -0.1) is 0 Å². The minimum absolute atomic E-state index is 0. The molecule has 0 spiro atoms. The zero-order valence-electron chi connectivity index (χ0n) is 25.0. The van der Waals surface area contributed by atoms with Gasteiger partial charge in [0.2, 0.25) is 0 Å². The second kappa shape index (κ2) is 12.1. The number of aryl methyl sites for hydroxylation is 2. The first kappa shape index (κ1) is 30.7. The van der Waals surface area contributed by atoms with Crippen molar-refractivity contribution in [1.82, 2.24) is 19.7 Å². The van der Waals surface area contributed by atoms with Gasteiger partial charge in [0.15, 0.2) is 17.4 Å². The summed E-state index contributed by atoms with van der Waals surface area (Å²) in [5.74, 6) is 0.0250. The molecule has 1 aliphatic rings. The van der Waals surface area contributed by atoms with Crippen LogP contribution in [-0.4, -0.2) is 54.9 Å². The van der Waals surface area contributed by atoms with Crippen LogP contribution in [0.3, 0.4) is 0 Å². The molecule has 5 aromatic rings. The Bertz CT molecular complexity index is 1930. The van der Waals surface area contributed by atoms with E-state index in [-0.39, 0.29) is 40.9 Å². The number of rotatable bonds is 7. The minimum atomic E-state index is -0.616. The summed E-state index contributed by atoms with van der Waals surface area (Å²) >= 11 is 0. The average Bonchev–Trinajstić information content (AvgIpc) is 3.53. The minimum Gasteiger partial charge on any atom is -0.484 e. The van der Waals surface area contributed by atoms with Crippen molar-refractivity contribution < 1.29 is 13.7 Å². The summed E-state index contributed by atoms with van der Waals surface area (Å²) in [6.07, 6.45) is 2.43. The summed E-state index contributed by atoms with van der Waals surface area (Å²) in [5, 5.41) is 3.84. The fourth-order valence-corrected chi connectivity index (χ4v) is 5.72. The van der Waals surface area contributed by atoms with Gasteiger partial charge in [-0.2, -0.15) is 0 Å². The van der Waals surface area contributed by atoms with Crippen LogP contribution >= 0.6 is 0 Å². The molecular formula is C33H31FN4NaO4. The average molecular weight is 590 g/mol. The summed E-state index contributed by atoms with van der Waals surface area (Å²) in [4.78, 5) is 33.0. The summed E-state index contributed by atoms with van der Waals surface area (Å²) in [6, 6.07) is 18.7. The maximum absolute atomic E-state index is 15.1. The van der Waals surface area contributed by atoms with Gasteiger partial charge >= 0.3 is 5.76 Å². The van der Waals surface area contributed by atoms with Gasteiger partial charge in [0.25, 0.3) is 5.56 Å². The molecule has 0 atom stereocenters. The Hall–Kier alpha value is -3.79. The largest absolute Gasteiger partial charge is 0.484 e. The number of H-pyrrole nitrogens is 1. The monoisotopic (exact) mass is 589 g/mol. The van der Waals surface area contributed by atoms with Crippen molar-refractivity contribution in [2.24, 2.45) is 0 Å². The second-order valence-electron chi connectivity index (χ2n) is 11.3. The second-order valence-corrected chi connectivity index (χ2v) is 11.3. The molecule has 3 heterocycles. The molecule has 1 radical (unpaired) electrons. The molecule has 0 fully saturated rings. The number of halogens is 1. The Balaban J connectivity index is 0.00000368. The number of aromatic amines is 1. The molecule has 0 amide bonds. The molecule has 0 saturated carbocycles. The third-order valence-corrected chi connectivity index (χ3v) is 7.54. The summed E-state index contributed by atoms with van der Waals surface area (Å²) in [7, 11) is 0. The van der Waals surface area contributed by atoms with E-state index in [0.717, 1.165) is 39.9 Å². The molecule has 1 aliphatic heterocycles. The van der Waals surface area contributed by atoms with Crippen LogP contribution in [0.4, 0.5) is 4.39 Å². The molecule has 3 aromatic carbocycles. The first-order valence-electron chi connectivity index (χ1n) is 14.0. The predicted molar refractivity (Wildman–Crippen MR) is 163 cm³/mol. The molecule has 43 heavy (non-hydrogen) atoms. The standard InChI is InChI=1S/C33H31FN4O4.Na/c1-5-8-28-26(31(39)38(19(2)35-28)23-16-22-18-33(3,4)41-29(22)27(34)17-23)15-20-11-13-21(14-12-20)24-9-6-7-10-25(24)30-36-32(40)42-37-30;/h6-7,9-14,16-17H,5,8,15,18H2,1-4H3,(H,36,37,40);. The molecule has 8 nitrogen and oxygen atoms in total. The van der Waals surface area contributed by atoms with Gasteiger partial charge in [-0.05, 0) is 49.9 Å². The van der Waals surface area contributed by atoms with Crippen LogP contribution in [0.5, 0.6) is 5.75 Å². The molecule has 0 unspecified atom stereocenters. The number of hydrogen-bond donors (Lipinski definition) is 1. The maximum atomic E-state index is 15.1. The van der Waals surface area contributed by atoms with Crippen molar-refractivity contribution in [1.29, 1.82) is 0 Å². The normalized spacial score (nSPS) is 13.3. The molecule has 10 heteroatoms. The van der Waals surface area contributed by atoms with Crippen molar-refractivity contribution in [3.8, 4) is 34.0 Å². The van der Waals surface area contributed by atoms with Crippen LogP contribution < -0.4 is 16.1 Å². The molecule has 215 valence electrons. The van der Waals surface area contributed by atoms with Crippen molar-refractivity contribution in [3.05, 3.63) is 116 Å². The Morgan fingerprint density at radius 1 is 1.05 bits per heavy atom. The number of ether oxygens (including phenoxy) is 1. The first-order valence-corrected chi connectivity index (χ1v) is 14.0. The maximum Gasteiger partial charge on any atom is 0.439 e. The first-order chi connectivity index (χ1) is 20.1. The van der Waals surface area contributed by atoms with Crippen molar-refractivity contribution in [3.63, 3.8) is 0 Å². The number of fused-ring (bicyclic) bond motifs is 1. The number of nitrogens with one attached hydrogen (secondary N) is 1. The third kappa shape index (κ3) is 6.02. The zero-order valence-corrected chi connectivity index (χ0v) is 27.0. The van der Waals surface area contributed by atoms with E-state index in [1.807, 2.05) is 68.4 Å². The van der Waals surface area contributed by atoms with Crippen molar-refractivity contribution >= 4 is 29.6 Å². The van der Waals surface area contributed by atoms with Gasteiger partial charge in [0, 0.05) is 65.2 Å². The van der Waals surface area contributed by atoms with Crippen LogP contribution in [0.15, 0.2) is 74.8 Å². The van der Waals surface area contributed by atoms with E-state index < -0.39 is 17.2 Å². The van der Waals surface area contributed by atoms with Crippen LogP contribution in [0, 0.1) is 12.7 Å². The van der Waals surface area contributed by atoms with Crippen molar-refractivity contribution in [2.75, 3.05) is 0 Å². The van der Waals surface area contributed by atoms with Crippen LogP contribution in [0.25, 0.3) is 28.2 Å². The summed E-state index contributed by atoms with van der Waals surface area (Å²) in [5.41, 5.74) is 5.31. The Labute approximate surface area is 270 Å². The molecule has 0 saturated heterocycles. The molecule has 2 aromatic heterocycles. The van der Waals surface area contributed by atoms with Crippen LogP contribution in [0.2, 0.25) is 0 Å². The number of hydrogen-bond acceptors (Lipinski definition) is 6. The Morgan fingerprint density at radius 2 is 1.77 bits per heavy atom. The molecule has 6 rings (SSSR count). The predicted octanol–water partition coefficient (Wildman–Crippen LogP) is 5.57. The van der Waals surface area contributed by atoms with E-state index in [0.29, 0.717) is 42.2 Å². The van der Waals surface area contributed by atoms with Gasteiger partial charge in [0.05, 0.1) is 11.4 Å². The topological polar surface area (TPSA) is 103 Å². The molecule has 0 bridgehead atoms. The van der Waals surface area contributed by atoms with E-state index in [1.165, 1.54) is 10.6 Å². The van der Waals surface area contributed by atoms with E-state index in [9.17, 15) is 9.59 Å². The Kier molecular flexibility index (Phi) is 8.61. The quantitative estimate of drug-likeness (QED) is 0.249. The van der Waals surface area contributed by atoms with E-state index in [2.05, 4.69) is 17.1 Å². The van der Waals surface area contributed by atoms with E-state index in [4.69, 9.17) is 14.2 Å². The van der Waals surface area contributed by atoms with Crippen LogP contribution in [-0.2, 0) is 19.3 Å². The number of nitrogens with zero attached hydrogens (tertiary/aromatic N) is 3. The third-order valence-electron chi connectivity index (χ3n) is 7.54. The van der Waals surface area contributed by atoms with Gasteiger partial charge in [-0.25, -0.2) is 14.2 Å². The van der Waals surface area contributed by atoms with Crippen LogP contribution in [0.1, 0.15) is 55.4 Å². The van der Waals surface area contributed by atoms with E-state index in [1.54, 1.807) is 6.92 Å². The number of benzene rings is 3. The fourth-order valence-electron chi connectivity index (χ4n) is 5.72. The SMILES string of the molecule is CCCc1nc(C)n(-c2cc(F)c3c(c2)CC(C)(C)O3)c(=O)c1Cc1ccc(-c2ccccc2-c2noc(=O)[nH]2)cc1.[Na]. The van der Waals surface area contributed by atoms with Gasteiger partial charge in [-0.3, -0.25) is 18.9 Å². The Morgan fingerprint density at radius 3 is 2.44 bits per heavy atom. The van der Waals surface area contributed by atoms with Gasteiger partial charge < -0.3 is 4.74 Å². The molecule has 0 aliphatic carbocycles. The molecular weight excluding hydrogens is 558 g/mol. The van der Waals surface area contributed by atoms with Crippen molar-refractivity contribution in [2.45, 2.75) is 59.0 Å². The molecule has 1 N–H and O–H groups in total. The number of aromatic nitrogens is 4. The summed E-state index contributed by atoms with van der Waals surface area (Å²) < 4.78 is 27.1. The van der Waals surface area contributed by atoms with Gasteiger partial charge in [-0.1, -0.05) is 67.0 Å².